The monoisotopic (exact) mass is 567 g/mol. The van der Waals surface area contributed by atoms with Crippen molar-refractivity contribution in [1.29, 1.82) is 0 Å². The molecule has 0 bridgehead atoms. The van der Waals surface area contributed by atoms with Crippen LogP contribution in [0.2, 0.25) is 10.0 Å². The van der Waals surface area contributed by atoms with Gasteiger partial charge in [0.1, 0.15) is 18.0 Å². The molecule has 0 radical (unpaired) electrons. The van der Waals surface area contributed by atoms with Crippen molar-refractivity contribution in [3.63, 3.8) is 0 Å². The number of nitrogens with one attached hydrogen (secondary N) is 2. The van der Waals surface area contributed by atoms with Gasteiger partial charge in [-0.1, -0.05) is 53.5 Å². The Kier molecular flexibility index (Phi) is 9.35. The Labute approximate surface area is 239 Å². The van der Waals surface area contributed by atoms with E-state index in [-0.39, 0.29) is 24.2 Å². The van der Waals surface area contributed by atoms with E-state index in [0.29, 0.717) is 28.7 Å². The number of halogens is 2. The number of hydrogen-bond acceptors (Lipinski definition) is 7. The highest BCUT2D eigenvalue weighted by atomic mass is 35.5. The number of benzene rings is 2. The third-order valence-electron chi connectivity index (χ3n) is 7.67. The molecule has 2 heterocycles. The molecule has 2 fully saturated rings. The van der Waals surface area contributed by atoms with Crippen LogP contribution >= 0.6 is 23.2 Å². The SMILES string of the molecule is Nc1ncc(-c2ccc(CNC3CCN[C@@H](C(=O)OC4CCCC4)C3)cc2)nc1CCc1c(Cl)cccc1Cl. The average molecular weight is 569 g/mol. The first-order valence-corrected chi connectivity index (χ1v) is 14.5. The molecule has 5 rings (SSSR count). The molecule has 2 aromatic carbocycles. The zero-order valence-corrected chi connectivity index (χ0v) is 23.5. The molecular formula is C30H35Cl2N5O2. The highest BCUT2D eigenvalue weighted by Crippen LogP contribution is 2.27. The lowest BCUT2D eigenvalue weighted by Gasteiger charge is -2.30. The molecule has 0 amide bonds. The van der Waals surface area contributed by atoms with E-state index in [9.17, 15) is 4.79 Å². The average Bonchev–Trinajstić information content (AvgIpc) is 3.46. The Balaban J connectivity index is 1.15. The minimum absolute atomic E-state index is 0.100. The number of ether oxygens (including phenoxy) is 1. The van der Waals surface area contributed by atoms with Gasteiger partial charge < -0.3 is 21.1 Å². The van der Waals surface area contributed by atoms with Crippen molar-refractivity contribution in [3.05, 3.63) is 75.5 Å². The molecule has 9 heteroatoms. The summed E-state index contributed by atoms with van der Waals surface area (Å²) in [4.78, 5) is 21.8. The smallest absolute Gasteiger partial charge is 0.323 e. The van der Waals surface area contributed by atoms with Crippen molar-refractivity contribution < 1.29 is 9.53 Å². The molecule has 1 saturated heterocycles. The van der Waals surface area contributed by atoms with Gasteiger partial charge in [-0.05, 0) is 81.2 Å². The van der Waals surface area contributed by atoms with Gasteiger partial charge in [0.15, 0.2) is 0 Å². The number of esters is 1. The largest absolute Gasteiger partial charge is 0.461 e. The molecule has 4 N–H and O–H groups in total. The van der Waals surface area contributed by atoms with E-state index in [1.165, 1.54) is 5.56 Å². The van der Waals surface area contributed by atoms with Crippen molar-refractivity contribution in [2.24, 2.45) is 0 Å². The third-order valence-corrected chi connectivity index (χ3v) is 8.38. The molecule has 1 aromatic heterocycles. The predicted molar refractivity (Wildman–Crippen MR) is 156 cm³/mol. The van der Waals surface area contributed by atoms with Crippen LogP contribution in [0.15, 0.2) is 48.7 Å². The van der Waals surface area contributed by atoms with Gasteiger partial charge >= 0.3 is 5.97 Å². The maximum absolute atomic E-state index is 12.6. The summed E-state index contributed by atoms with van der Waals surface area (Å²) in [6.07, 6.45) is 9.05. The number of hydrogen-bond donors (Lipinski definition) is 3. The van der Waals surface area contributed by atoms with E-state index in [2.05, 4.69) is 39.9 Å². The standard InChI is InChI=1S/C30H35Cl2N5O2/c31-24-6-3-7-25(32)23(24)12-13-26-29(33)36-18-28(37-26)20-10-8-19(9-11-20)17-35-21-14-15-34-27(16-21)30(38)39-22-4-1-2-5-22/h3,6-11,18,21-22,27,34-35H,1-2,4-5,12-17H2,(H2,33,36)/t21?,27-/m1/s1. The van der Waals surface area contributed by atoms with E-state index in [0.717, 1.165) is 74.1 Å². The number of anilines is 1. The summed E-state index contributed by atoms with van der Waals surface area (Å²) in [5.41, 5.74) is 10.6. The third kappa shape index (κ3) is 7.28. The quantitative estimate of drug-likeness (QED) is 0.293. The van der Waals surface area contributed by atoms with Crippen LogP contribution in [0.3, 0.4) is 0 Å². The summed E-state index contributed by atoms with van der Waals surface area (Å²) >= 11 is 12.6. The van der Waals surface area contributed by atoms with Crippen molar-refractivity contribution >= 4 is 35.0 Å². The normalized spacial score (nSPS) is 19.7. The number of nitrogens with two attached hydrogens (primary N) is 1. The minimum Gasteiger partial charge on any atom is -0.461 e. The van der Waals surface area contributed by atoms with Crippen LogP contribution < -0.4 is 16.4 Å². The highest BCUT2D eigenvalue weighted by Gasteiger charge is 2.30. The molecule has 1 aliphatic heterocycles. The molecule has 1 saturated carbocycles. The van der Waals surface area contributed by atoms with E-state index in [1.807, 2.05) is 18.2 Å². The molecule has 3 aromatic rings. The molecule has 0 spiro atoms. The maximum atomic E-state index is 12.6. The van der Waals surface area contributed by atoms with Crippen LogP contribution in [0, 0.1) is 0 Å². The van der Waals surface area contributed by atoms with Crippen LogP contribution in [-0.4, -0.2) is 40.7 Å². The summed E-state index contributed by atoms with van der Waals surface area (Å²) in [6, 6.07) is 13.8. The van der Waals surface area contributed by atoms with Crippen LogP contribution in [0.25, 0.3) is 11.3 Å². The lowest BCUT2D eigenvalue weighted by Crippen LogP contribution is -2.50. The number of nitrogen functional groups attached to an aromatic ring is 1. The lowest BCUT2D eigenvalue weighted by atomic mass is 9.99. The van der Waals surface area contributed by atoms with Crippen LogP contribution in [0.4, 0.5) is 5.82 Å². The predicted octanol–water partition coefficient (Wildman–Crippen LogP) is 5.51. The fourth-order valence-electron chi connectivity index (χ4n) is 5.36. The van der Waals surface area contributed by atoms with Gasteiger partial charge in [-0.3, -0.25) is 4.79 Å². The number of aromatic nitrogens is 2. The van der Waals surface area contributed by atoms with E-state index < -0.39 is 0 Å². The summed E-state index contributed by atoms with van der Waals surface area (Å²) in [6.45, 7) is 1.54. The maximum Gasteiger partial charge on any atom is 0.323 e. The molecule has 206 valence electrons. The molecule has 1 unspecified atom stereocenters. The number of carbonyl (C=O) groups is 1. The second-order valence-electron chi connectivity index (χ2n) is 10.4. The van der Waals surface area contributed by atoms with Gasteiger partial charge in [0, 0.05) is 28.2 Å². The number of rotatable bonds is 9. The van der Waals surface area contributed by atoms with Gasteiger partial charge in [0.25, 0.3) is 0 Å². The molecular weight excluding hydrogens is 533 g/mol. The second kappa shape index (κ2) is 13.1. The minimum atomic E-state index is -0.230. The van der Waals surface area contributed by atoms with Crippen LogP contribution in [-0.2, 0) is 28.9 Å². The van der Waals surface area contributed by atoms with E-state index >= 15 is 0 Å². The fraction of sp³-hybridized carbons (Fsp3) is 0.433. The van der Waals surface area contributed by atoms with Crippen molar-refractivity contribution in [2.45, 2.75) is 76.1 Å². The van der Waals surface area contributed by atoms with Crippen LogP contribution in [0.1, 0.15) is 55.3 Å². The Morgan fingerprint density at radius 2 is 1.79 bits per heavy atom. The molecule has 2 aliphatic rings. The number of aryl methyl sites for hydroxylation is 1. The van der Waals surface area contributed by atoms with Gasteiger partial charge in [-0.2, -0.15) is 0 Å². The number of piperidine rings is 1. The van der Waals surface area contributed by atoms with Crippen molar-refractivity contribution in [3.8, 4) is 11.3 Å². The first-order chi connectivity index (χ1) is 19.0. The Bertz CT molecular complexity index is 1260. The fourth-order valence-corrected chi connectivity index (χ4v) is 5.95. The zero-order chi connectivity index (χ0) is 27.2. The Morgan fingerprint density at radius 1 is 1.05 bits per heavy atom. The topological polar surface area (TPSA) is 102 Å². The summed E-state index contributed by atoms with van der Waals surface area (Å²) in [5.74, 6) is 0.312. The number of nitrogens with zero attached hydrogens (tertiary/aromatic N) is 2. The van der Waals surface area contributed by atoms with Crippen molar-refractivity contribution in [2.75, 3.05) is 12.3 Å². The molecule has 39 heavy (non-hydrogen) atoms. The van der Waals surface area contributed by atoms with Gasteiger partial charge in [0.2, 0.25) is 0 Å². The van der Waals surface area contributed by atoms with E-state index in [4.69, 9.17) is 38.7 Å². The summed E-state index contributed by atoms with van der Waals surface area (Å²) in [5, 5.41) is 8.22. The Hall–Kier alpha value is -2.71. The molecule has 7 nitrogen and oxygen atoms in total. The first kappa shape index (κ1) is 27.8. The van der Waals surface area contributed by atoms with Crippen molar-refractivity contribution in [1.82, 2.24) is 20.6 Å². The summed E-state index contributed by atoms with van der Waals surface area (Å²) in [7, 11) is 0. The molecule has 2 atom stereocenters. The van der Waals surface area contributed by atoms with Gasteiger partial charge in [-0.15, -0.1) is 0 Å². The molecule has 1 aliphatic carbocycles. The Morgan fingerprint density at radius 3 is 2.54 bits per heavy atom. The van der Waals surface area contributed by atoms with Crippen LogP contribution in [0.5, 0.6) is 0 Å². The zero-order valence-electron chi connectivity index (χ0n) is 22.0. The first-order valence-electron chi connectivity index (χ1n) is 13.8. The summed E-state index contributed by atoms with van der Waals surface area (Å²) < 4.78 is 5.72. The lowest BCUT2D eigenvalue weighted by molar-refractivity contribution is -0.152. The number of carbonyl (C=O) groups excluding carboxylic acids is 1. The highest BCUT2D eigenvalue weighted by molar-refractivity contribution is 6.36. The second-order valence-corrected chi connectivity index (χ2v) is 11.3. The van der Waals surface area contributed by atoms with Gasteiger partial charge in [0.05, 0.1) is 17.6 Å². The van der Waals surface area contributed by atoms with E-state index in [1.54, 1.807) is 6.20 Å². The van der Waals surface area contributed by atoms with Gasteiger partial charge in [-0.25, -0.2) is 9.97 Å².